The van der Waals surface area contributed by atoms with Crippen LogP contribution in [0.15, 0.2) is 42.5 Å². The largest absolute Gasteiger partial charge is 0.490 e. The summed E-state index contributed by atoms with van der Waals surface area (Å²) in [5.74, 6) is 0.344. The van der Waals surface area contributed by atoms with Gasteiger partial charge in [-0.3, -0.25) is 0 Å². The lowest BCUT2D eigenvalue weighted by atomic mass is 10.2. The smallest absolute Gasteiger partial charge is 0.183 e. The molecule has 0 amide bonds. The summed E-state index contributed by atoms with van der Waals surface area (Å²) in [5.41, 5.74) is 1.18. The molecule has 0 heterocycles. The summed E-state index contributed by atoms with van der Waals surface area (Å²) >= 11 is 5.67. The third kappa shape index (κ3) is 4.62. The van der Waals surface area contributed by atoms with Gasteiger partial charge in [0.1, 0.15) is 19.0 Å². The van der Waals surface area contributed by atoms with Crippen LogP contribution in [-0.4, -0.2) is 20.3 Å². The molecule has 0 unspecified atom stereocenters. The molecule has 2 aromatic carbocycles. The number of nitrogens with one attached hydrogen (secondary N) is 1. The van der Waals surface area contributed by atoms with Crippen LogP contribution in [0.4, 0.5) is 4.39 Å². The number of hydrogen-bond donors (Lipinski definition) is 1. The molecule has 21 heavy (non-hydrogen) atoms. The molecule has 0 aliphatic heterocycles. The lowest BCUT2D eigenvalue weighted by Gasteiger charge is -2.10. The molecular weight excluding hydrogens is 293 g/mol. The van der Waals surface area contributed by atoms with Crippen LogP contribution in [0.1, 0.15) is 5.56 Å². The van der Waals surface area contributed by atoms with Crippen LogP contribution in [0.3, 0.4) is 0 Å². The fourth-order valence-electron chi connectivity index (χ4n) is 1.81. The van der Waals surface area contributed by atoms with Crippen molar-refractivity contribution in [1.82, 2.24) is 5.32 Å². The Balaban J connectivity index is 1.78. The minimum atomic E-state index is -0.546. The highest BCUT2D eigenvalue weighted by Gasteiger charge is 2.06. The Kier molecular flexibility index (Phi) is 5.84. The van der Waals surface area contributed by atoms with Crippen LogP contribution in [0.2, 0.25) is 5.02 Å². The average Bonchev–Trinajstić information content (AvgIpc) is 2.50. The Morgan fingerprint density at radius 3 is 2.48 bits per heavy atom. The van der Waals surface area contributed by atoms with E-state index in [-0.39, 0.29) is 17.4 Å². The molecule has 0 atom stereocenters. The van der Waals surface area contributed by atoms with E-state index in [1.165, 1.54) is 17.7 Å². The van der Waals surface area contributed by atoms with Gasteiger partial charge in [-0.05, 0) is 36.9 Å². The Morgan fingerprint density at radius 1 is 1.05 bits per heavy atom. The van der Waals surface area contributed by atoms with Gasteiger partial charge in [0.2, 0.25) is 0 Å². The highest BCUT2D eigenvalue weighted by Crippen LogP contribution is 2.23. The molecule has 0 spiro atoms. The summed E-state index contributed by atoms with van der Waals surface area (Å²) in [7, 11) is 1.90. The molecular formula is C16H17ClFNO2. The average molecular weight is 310 g/mol. The van der Waals surface area contributed by atoms with Gasteiger partial charge >= 0.3 is 0 Å². The van der Waals surface area contributed by atoms with Crippen molar-refractivity contribution in [3.05, 3.63) is 58.9 Å². The molecule has 0 saturated carbocycles. The molecule has 0 saturated heterocycles. The number of ether oxygens (including phenoxy) is 2. The van der Waals surface area contributed by atoms with Crippen molar-refractivity contribution < 1.29 is 13.9 Å². The molecule has 0 bridgehead atoms. The van der Waals surface area contributed by atoms with Gasteiger partial charge in [-0.25, -0.2) is 4.39 Å². The molecule has 0 aliphatic carbocycles. The maximum Gasteiger partial charge on any atom is 0.183 e. The minimum Gasteiger partial charge on any atom is -0.490 e. The van der Waals surface area contributed by atoms with Gasteiger partial charge in [0.25, 0.3) is 0 Å². The second-order valence-corrected chi connectivity index (χ2v) is 4.83. The molecule has 3 nitrogen and oxygen atoms in total. The number of benzene rings is 2. The van der Waals surface area contributed by atoms with E-state index in [4.69, 9.17) is 21.1 Å². The van der Waals surface area contributed by atoms with Crippen LogP contribution in [0.5, 0.6) is 11.5 Å². The summed E-state index contributed by atoms with van der Waals surface area (Å²) < 4.78 is 24.4. The monoisotopic (exact) mass is 309 g/mol. The second-order valence-electron chi connectivity index (χ2n) is 4.42. The van der Waals surface area contributed by atoms with Crippen molar-refractivity contribution in [2.75, 3.05) is 20.3 Å². The molecule has 1 N–H and O–H groups in total. The first-order valence-electron chi connectivity index (χ1n) is 6.64. The summed E-state index contributed by atoms with van der Waals surface area (Å²) in [6.45, 7) is 1.39. The van der Waals surface area contributed by atoms with Crippen molar-refractivity contribution in [2.24, 2.45) is 0 Å². The summed E-state index contributed by atoms with van der Waals surface area (Å²) in [4.78, 5) is 0. The van der Waals surface area contributed by atoms with E-state index in [0.29, 0.717) is 6.61 Å². The lowest BCUT2D eigenvalue weighted by Crippen LogP contribution is -2.10. The third-order valence-corrected chi connectivity index (χ3v) is 3.12. The van der Waals surface area contributed by atoms with Gasteiger partial charge in [0.15, 0.2) is 11.6 Å². The van der Waals surface area contributed by atoms with Gasteiger partial charge in [-0.1, -0.05) is 29.8 Å². The standard InChI is InChI=1S/C16H17ClFNO2/c1-19-11-12-5-7-13(8-6-12)20-9-10-21-15-4-2-3-14(17)16(15)18/h2-8,19H,9-11H2,1H3. The van der Waals surface area contributed by atoms with E-state index in [1.807, 2.05) is 31.3 Å². The van der Waals surface area contributed by atoms with Crippen LogP contribution in [0, 0.1) is 5.82 Å². The van der Waals surface area contributed by atoms with Crippen molar-refractivity contribution in [1.29, 1.82) is 0 Å². The summed E-state index contributed by atoms with van der Waals surface area (Å²) in [6.07, 6.45) is 0. The van der Waals surface area contributed by atoms with Crippen LogP contribution in [0.25, 0.3) is 0 Å². The molecule has 2 rings (SSSR count). The van der Waals surface area contributed by atoms with E-state index < -0.39 is 5.82 Å². The topological polar surface area (TPSA) is 30.5 Å². The molecule has 112 valence electrons. The molecule has 0 fully saturated rings. The van der Waals surface area contributed by atoms with E-state index in [2.05, 4.69) is 5.32 Å². The first-order chi connectivity index (χ1) is 10.2. The summed E-state index contributed by atoms with van der Waals surface area (Å²) in [5, 5.41) is 3.13. The zero-order valence-electron chi connectivity index (χ0n) is 11.7. The highest BCUT2D eigenvalue weighted by molar-refractivity contribution is 6.30. The predicted molar refractivity (Wildman–Crippen MR) is 81.6 cm³/mol. The molecule has 0 radical (unpaired) electrons. The van der Waals surface area contributed by atoms with Crippen LogP contribution >= 0.6 is 11.6 Å². The number of rotatable bonds is 7. The van der Waals surface area contributed by atoms with Gasteiger partial charge in [0, 0.05) is 6.54 Å². The van der Waals surface area contributed by atoms with E-state index in [0.717, 1.165) is 12.3 Å². The maximum atomic E-state index is 13.6. The predicted octanol–water partition coefficient (Wildman–Crippen LogP) is 3.66. The fourth-order valence-corrected chi connectivity index (χ4v) is 1.98. The SMILES string of the molecule is CNCc1ccc(OCCOc2cccc(Cl)c2F)cc1. The maximum absolute atomic E-state index is 13.6. The zero-order chi connectivity index (χ0) is 15.1. The zero-order valence-corrected chi connectivity index (χ0v) is 12.5. The second kappa shape index (κ2) is 7.86. The van der Waals surface area contributed by atoms with Crippen molar-refractivity contribution >= 4 is 11.6 Å². The van der Waals surface area contributed by atoms with Gasteiger partial charge in [-0.15, -0.1) is 0 Å². The Bertz CT molecular complexity index is 575. The minimum absolute atomic E-state index is 0.0496. The Morgan fingerprint density at radius 2 is 1.76 bits per heavy atom. The van der Waals surface area contributed by atoms with Gasteiger partial charge in [-0.2, -0.15) is 0 Å². The van der Waals surface area contributed by atoms with Crippen molar-refractivity contribution in [2.45, 2.75) is 6.54 Å². The first kappa shape index (κ1) is 15.6. The number of halogens is 2. The molecule has 0 aromatic heterocycles. The fraction of sp³-hybridized carbons (Fsp3) is 0.250. The first-order valence-corrected chi connectivity index (χ1v) is 7.01. The van der Waals surface area contributed by atoms with Crippen LogP contribution < -0.4 is 14.8 Å². The van der Waals surface area contributed by atoms with E-state index >= 15 is 0 Å². The lowest BCUT2D eigenvalue weighted by molar-refractivity contribution is 0.211. The Labute approximate surface area is 128 Å². The van der Waals surface area contributed by atoms with Crippen LogP contribution in [-0.2, 0) is 6.54 Å². The van der Waals surface area contributed by atoms with E-state index in [1.54, 1.807) is 6.07 Å². The van der Waals surface area contributed by atoms with Gasteiger partial charge < -0.3 is 14.8 Å². The Hall–Kier alpha value is -1.78. The molecule has 5 heteroatoms. The molecule has 2 aromatic rings. The van der Waals surface area contributed by atoms with E-state index in [9.17, 15) is 4.39 Å². The summed E-state index contributed by atoms with van der Waals surface area (Å²) in [6, 6.07) is 12.4. The highest BCUT2D eigenvalue weighted by atomic mass is 35.5. The van der Waals surface area contributed by atoms with Gasteiger partial charge in [0.05, 0.1) is 5.02 Å². The third-order valence-electron chi connectivity index (χ3n) is 2.83. The quantitative estimate of drug-likeness (QED) is 0.792. The normalized spacial score (nSPS) is 10.4. The van der Waals surface area contributed by atoms with Crippen molar-refractivity contribution in [3.8, 4) is 11.5 Å². The molecule has 0 aliphatic rings. The van der Waals surface area contributed by atoms with Crippen molar-refractivity contribution in [3.63, 3.8) is 0 Å². The number of hydrogen-bond acceptors (Lipinski definition) is 3.